The third-order valence-electron chi connectivity index (χ3n) is 3.53. The van der Waals surface area contributed by atoms with Crippen LogP contribution >= 0.6 is 34.5 Å². The number of nitrogens with one attached hydrogen (secondary N) is 1. The zero-order valence-corrected chi connectivity index (χ0v) is 16.5. The van der Waals surface area contributed by atoms with Gasteiger partial charge in [-0.15, -0.1) is 0 Å². The summed E-state index contributed by atoms with van der Waals surface area (Å²) in [5.41, 5.74) is 1.42. The van der Waals surface area contributed by atoms with Gasteiger partial charge < -0.3 is 4.74 Å². The molecular formula is C19H14Cl2N2O3S. The average Bonchev–Trinajstić information content (AvgIpc) is 3.08. The Hall–Kier alpha value is -2.41. The van der Waals surface area contributed by atoms with Crippen molar-refractivity contribution in [3.63, 3.8) is 0 Å². The number of thiazole rings is 1. The fraction of sp³-hybridized carbons (Fsp3) is 0.105. The van der Waals surface area contributed by atoms with E-state index in [2.05, 4.69) is 10.3 Å². The third kappa shape index (κ3) is 4.47. The number of aromatic nitrogens is 1. The van der Waals surface area contributed by atoms with Crippen molar-refractivity contribution in [1.82, 2.24) is 4.98 Å². The number of hydrogen-bond acceptors (Lipinski definition) is 5. The van der Waals surface area contributed by atoms with E-state index in [1.165, 1.54) is 6.07 Å². The highest BCUT2D eigenvalue weighted by Crippen LogP contribution is 2.32. The minimum Gasteiger partial charge on any atom is -0.462 e. The molecule has 5 nitrogen and oxygen atoms in total. The van der Waals surface area contributed by atoms with E-state index in [0.29, 0.717) is 15.6 Å². The van der Waals surface area contributed by atoms with Gasteiger partial charge in [0.05, 0.1) is 22.9 Å². The topological polar surface area (TPSA) is 68.3 Å². The molecule has 0 aliphatic rings. The number of nitrogens with zero attached hydrogens (tertiary/aromatic N) is 1. The Bertz CT molecular complexity index is 990. The summed E-state index contributed by atoms with van der Waals surface area (Å²) in [5, 5.41) is 3.59. The number of anilines is 1. The fourth-order valence-corrected chi connectivity index (χ4v) is 3.59. The first kappa shape index (κ1) is 19.4. The first-order valence-corrected chi connectivity index (χ1v) is 9.56. The fourth-order valence-electron chi connectivity index (χ4n) is 2.34. The summed E-state index contributed by atoms with van der Waals surface area (Å²) >= 11 is 13.0. The first-order chi connectivity index (χ1) is 13.0. The van der Waals surface area contributed by atoms with Crippen molar-refractivity contribution in [1.29, 1.82) is 0 Å². The molecule has 1 heterocycles. The molecule has 0 aliphatic heterocycles. The quantitative estimate of drug-likeness (QED) is 0.549. The molecule has 0 saturated heterocycles. The lowest BCUT2D eigenvalue weighted by Gasteiger charge is -2.04. The molecule has 0 unspecified atom stereocenters. The minimum atomic E-state index is -0.491. The largest absolute Gasteiger partial charge is 0.462 e. The summed E-state index contributed by atoms with van der Waals surface area (Å²) in [5.74, 6) is -0.957. The molecule has 8 heteroatoms. The van der Waals surface area contributed by atoms with Crippen molar-refractivity contribution in [2.24, 2.45) is 0 Å². The zero-order valence-electron chi connectivity index (χ0n) is 14.2. The van der Waals surface area contributed by atoms with Crippen molar-refractivity contribution >= 4 is 51.5 Å². The number of halogens is 2. The van der Waals surface area contributed by atoms with Crippen molar-refractivity contribution in [2.45, 2.75) is 6.92 Å². The van der Waals surface area contributed by atoms with Gasteiger partial charge in [-0.05, 0) is 25.1 Å². The average molecular weight is 421 g/mol. The van der Waals surface area contributed by atoms with Crippen LogP contribution in [0, 0.1) is 0 Å². The van der Waals surface area contributed by atoms with Crippen LogP contribution in [0.4, 0.5) is 5.13 Å². The van der Waals surface area contributed by atoms with Gasteiger partial charge in [0.2, 0.25) is 0 Å². The minimum absolute atomic E-state index is 0.221. The van der Waals surface area contributed by atoms with E-state index in [9.17, 15) is 9.59 Å². The molecule has 0 bridgehead atoms. The van der Waals surface area contributed by atoms with Crippen molar-refractivity contribution in [3.05, 3.63) is 69.0 Å². The first-order valence-electron chi connectivity index (χ1n) is 7.99. The molecule has 0 saturated carbocycles. The molecule has 0 aliphatic carbocycles. The predicted octanol–water partition coefficient (Wildman–Crippen LogP) is 5.55. The Morgan fingerprint density at radius 3 is 2.59 bits per heavy atom. The lowest BCUT2D eigenvalue weighted by atomic mass is 10.1. The van der Waals surface area contributed by atoms with E-state index in [1.807, 2.05) is 30.3 Å². The molecule has 0 radical (unpaired) electrons. The lowest BCUT2D eigenvalue weighted by Crippen LogP contribution is -2.12. The second-order valence-corrected chi connectivity index (χ2v) is 7.20. The monoisotopic (exact) mass is 420 g/mol. The van der Waals surface area contributed by atoms with E-state index in [4.69, 9.17) is 27.9 Å². The summed E-state index contributed by atoms with van der Waals surface area (Å²) in [4.78, 5) is 29.6. The molecule has 27 heavy (non-hydrogen) atoms. The van der Waals surface area contributed by atoms with Crippen LogP contribution in [0.1, 0.15) is 27.0 Å². The SMILES string of the molecule is CCOC(=O)c1sc(NC(=O)c2cc(Cl)ccc2Cl)nc1-c1ccccc1. The lowest BCUT2D eigenvalue weighted by molar-refractivity contribution is 0.0532. The Morgan fingerprint density at radius 1 is 1.15 bits per heavy atom. The number of carbonyl (C=O) groups is 2. The number of rotatable bonds is 5. The number of esters is 1. The van der Waals surface area contributed by atoms with Crippen LogP contribution in [0.15, 0.2) is 48.5 Å². The number of ether oxygens (including phenoxy) is 1. The maximum atomic E-state index is 12.5. The van der Waals surface area contributed by atoms with Gasteiger partial charge in [-0.1, -0.05) is 64.9 Å². The Balaban J connectivity index is 1.95. The molecular weight excluding hydrogens is 407 g/mol. The number of carbonyl (C=O) groups excluding carboxylic acids is 2. The maximum absolute atomic E-state index is 12.5. The molecule has 0 spiro atoms. The predicted molar refractivity (Wildman–Crippen MR) is 108 cm³/mol. The molecule has 0 atom stereocenters. The molecule has 2 aromatic carbocycles. The van der Waals surface area contributed by atoms with E-state index >= 15 is 0 Å². The summed E-state index contributed by atoms with van der Waals surface area (Å²) in [6, 6.07) is 13.8. The Labute approximate surface area is 169 Å². The molecule has 1 aromatic heterocycles. The highest BCUT2D eigenvalue weighted by molar-refractivity contribution is 7.18. The Kier molecular flexibility index (Phi) is 6.11. The summed E-state index contributed by atoms with van der Waals surface area (Å²) in [7, 11) is 0. The standard InChI is InChI=1S/C19H14Cl2N2O3S/c1-2-26-18(25)16-15(11-6-4-3-5-7-11)22-19(27-16)23-17(24)13-10-12(20)8-9-14(13)21/h3-10H,2H2,1H3,(H,22,23,24). The molecule has 0 fully saturated rings. The maximum Gasteiger partial charge on any atom is 0.350 e. The number of amides is 1. The van der Waals surface area contributed by atoms with E-state index in [1.54, 1.807) is 19.1 Å². The summed E-state index contributed by atoms with van der Waals surface area (Å²) in [6.07, 6.45) is 0. The number of benzene rings is 2. The van der Waals surface area contributed by atoms with Gasteiger partial charge in [0.1, 0.15) is 4.88 Å². The van der Waals surface area contributed by atoms with Gasteiger partial charge in [-0.2, -0.15) is 0 Å². The third-order valence-corrected chi connectivity index (χ3v) is 5.04. The molecule has 138 valence electrons. The van der Waals surface area contributed by atoms with Gasteiger partial charge >= 0.3 is 5.97 Å². The van der Waals surface area contributed by atoms with Gasteiger partial charge in [-0.25, -0.2) is 9.78 Å². The van der Waals surface area contributed by atoms with Crippen molar-refractivity contribution in [2.75, 3.05) is 11.9 Å². The summed E-state index contributed by atoms with van der Waals surface area (Å²) < 4.78 is 5.11. The van der Waals surface area contributed by atoms with Crippen molar-refractivity contribution in [3.8, 4) is 11.3 Å². The zero-order chi connectivity index (χ0) is 19.4. The summed E-state index contributed by atoms with van der Waals surface area (Å²) in [6.45, 7) is 1.97. The van der Waals surface area contributed by atoms with Crippen LogP contribution in [-0.4, -0.2) is 23.5 Å². The highest BCUT2D eigenvalue weighted by atomic mass is 35.5. The van der Waals surface area contributed by atoms with Crippen LogP contribution in [-0.2, 0) is 4.74 Å². The molecule has 1 amide bonds. The van der Waals surface area contributed by atoms with Crippen LogP contribution in [0.5, 0.6) is 0 Å². The van der Waals surface area contributed by atoms with E-state index in [-0.39, 0.29) is 22.3 Å². The second-order valence-electron chi connectivity index (χ2n) is 5.36. The van der Waals surface area contributed by atoms with Crippen LogP contribution < -0.4 is 5.32 Å². The van der Waals surface area contributed by atoms with Crippen LogP contribution in [0.2, 0.25) is 10.0 Å². The van der Waals surface area contributed by atoms with Gasteiger partial charge in [0.15, 0.2) is 5.13 Å². The van der Waals surface area contributed by atoms with Gasteiger partial charge in [0, 0.05) is 10.6 Å². The second kappa shape index (κ2) is 8.52. The van der Waals surface area contributed by atoms with Gasteiger partial charge in [-0.3, -0.25) is 10.1 Å². The van der Waals surface area contributed by atoms with Gasteiger partial charge in [0.25, 0.3) is 5.91 Å². The van der Waals surface area contributed by atoms with Crippen LogP contribution in [0.3, 0.4) is 0 Å². The highest BCUT2D eigenvalue weighted by Gasteiger charge is 2.22. The van der Waals surface area contributed by atoms with E-state index in [0.717, 1.165) is 16.9 Å². The smallest absolute Gasteiger partial charge is 0.350 e. The van der Waals surface area contributed by atoms with E-state index < -0.39 is 11.9 Å². The van der Waals surface area contributed by atoms with Crippen LogP contribution in [0.25, 0.3) is 11.3 Å². The van der Waals surface area contributed by atoms with Crippen molar-refractivity contribution < 1.29 is 14.3 Å². The molecule has 3 rings (SSSR count). The normalized spacial score (nSPS) is 10.5. The Morgan fingerprint density at radius 2 is 1.89 bits per heavy atom. The number of hydrogen-bond donors (Lipinski definition) is 1. The molecule has 1 N–H and O–H groups in total. The molecule has 3 aromatic rings.